The highest BCUT2D eigenvalue weighted by molar-refractivity contribution is 6.05. The smallest absolute Gasteiger partial charge is 0.438 e. The van der Waals surface area contributed by atoms with Crippen LogP contribution in [0.15, 0.2) is 53.9 Å². The first-order valence-electron chi connectivity index (χ1n) is 7.52. The van der Waals surface area contributed by atoms with Gasteiger partial charge < -0.3 is 9.84 Å². The number of hydrazone groups is 1. The number of aliphatic hydroxyl groups is 1. The first-order chi connectivity index (χ1) is 12.3. The molecule has 1 aromatic carbocycles. The lowest BCUT2D eigenvalue weighted by molar-refractivity contribution is -0.297. The second-order valence-corrected chi connectivity index (χ2v) is 5.63. The minimum Gasteiger partial charge on any atom is -0.497 e. The van der Waals surface area contributed by atoms with E-state index in [1.807, 2.05) is 0 Å². The molecule has 1 atom stereocenters. The van der Waals surface area contributed by atoms with E-state index in [-0.39, 0.29) is 21.8 Å². The van der Waals surface area contributed by atoms with Crippen molar-refractivity contribution in [2.45, 2.75) is 18.3 Å². The highest BCUT2D eigenvalue weighted by Crippen LogP contribution is 2.42. The van der Waals surface area contributed by atoms with E-state index in [1.54, 1.807) is 6.07 Å². The van der Waals surface area contributed by atoms with Gasteiger partial charge in [0.2, 0.25) is 0 Å². The molecular weight excluding hydrogens is 351 g/mol. The van der Waals surface area contributed by atoms with Gasteiger partial charge in [-0.2, -0.15) is 23.3 Å². The highest BCUT2D eigenvalue weighted by Gasteiger charge is 2.63. The van der Waals surface area contributed by atoms with Crippen molar-refractivity contribution in [3.63, 3.8) is 0 Å². The van der Waals surface area contributed by atoms with E-state index in [4.69, 9.17) is 4.74 Å². The Morgan fingerprint density at radius 1 is 1.31 bits per heavy atom. The first-order valence-corrected chi connectivity index (χ1v) is 7.52. The van der Waals surface area contributed by atoms with E-state index < -0.39 is 24.2 Å². The topological polar surface area (TPSA) is 75.0 Å². The van der Waals surface area contributed by atoms with Crippen LogP contribution in [0.3, 0.4) is 0 Å². The van der Waals surface area contributed by atoms with Gasteiger partial charge in [0.1, 0.15) is 5.75 Å². The fraction of sp³-hybridized carbons (Fsp3) is 0.235. The average molecular weight is 365 g/mol. The number of pyridine rings is 1. The third kappa shape index (κ3) is 3.01. The zero-order valence-corrected chi connectivity index (χ0v) is 13.6. The molecule has 0 saturated heterocycles. The summed E-state index contributed by atoms with van der Waals surface area (Å²) in [5.41, 5.74) is -3.34. The number of hydrogen-bond acceptors (Lipinski definition) is 5. The van der Waals surface area contributed by atoms with Crippen LogP contribution in [0.1, 0.15) is 22.3 Å². The minimum absolute atomic E-state index is 0.0735. The van der Waals surface area contributed by atoms with Gasteiger partial charge in [-0.05, 0) is 24.3 Å². The lowest BCUT2D eigenvalue weighted by Gasteiger charge is -2.32. The predicted octanol–water partition coefficient (Wildman–Crippen LogP) is 2.59. The molecule has 1 aliphatic heterocycles. The highest BCUT2D eigenvalue weighted by atomic mass is 19.4. The number of hydrogen-bond donors (Lipinski definition) is 1. The van der Waals surface area contributed by atoms with Crippen LogP contribution in [0.5, 0.6) is 5.75 Å². The Bertz CT molecular complexity index is 855. The Kier molecular flexibility index (Phi) is 4.41. The molecule has 1 aromatic heterocycles. The van der Waals surface area contributed by atoms with Gasteiger partial charge >= 0.3 is 6.18 Å². The summed E-state index contributed by atoms with van der Waals surface area (Å²) in [5, 5.41) is 14.1. The molecule has 6 nitrogen and oxygen atoms in total. The Morgan fingerprint density at radius 2 is 2.08 bits per heavy atom. The molecule has 2 heterocycles. The molecule has 0 unspecified atom stereocenters. The molecule has 0 fully saturated rings. The number of aromatic nitrogens is 1. The van der Waals surface area contributed by atoms with E-state index in [0.717, 1.165) is 0 Å². The molecule has 0 radical (unpaired) electrons. The van der Waals surface area contributed by atoms with Crippen LogP contribution in [0.25, 0.3) is 0 Å². The monoisotopic (exact) mass is 365 g/mol. The van der Waals surface area contributed by atoms with Gasteiger partial charge in [-0.15, -0.1) is 0 Å². The number of carbonyl (C=O) groups excluding carboxylic acids is 1. The minimum atomic E-state index is -5.10. The van der Waals surface area contributed by atoms with E-state index in [1.165, 1.54) is 49.8 Å². The number of rotatable bonds is 3. The van der Waals surface area contributed by atoms with Crippen molar-refractivity contribution in [3.05, 3.63) is 59.9 Å². The SMILES string of the molecule is COc1cccc(C(=O)N2N=C(c3cccnc3)C[C@]2(O)C(F)(F)F)c1. The Labute approximate surface area is 146 Å². The molecule has 0 spiro atoms. The number of ether oxygens (including phenoxy) is 1. The lowest BCUT2D eigenvalue weighted by atomic mass is 10.0. The molecule has 0 bridgehead atoms. The maximum atomic E-state index is 13.5. The van der Waals surface area contributed by atoms with Gasteiger partial charge in [-0.25, -0.2) is 0 Å². The Hall–Kier alpha value is -2.94. The first kappa shape index (κ1) is 17.9. The number of amides is 1. The van der Waals surface area contributed by atoms with E-state index in [2.05, 4.69) is 10.1 Å². The van der Waals surface area contributed by atoms with Gasteiger partial charge in [-0.1, -0.05) is 12.1 Å². The number of nitrogens with zero attached hydrogens (tertiary/aromatic N) is 3. The molecular formula is C17H14F3N3O3. The molecule has 0 aliphatic carbocycles. The standard InChI is InChI=1S/C17H14F3N3O3/c1-26-13-6-2-4-11(8-13)15(24)23-16(25,17(18,19)20)9-14(22-23)12-5-3-7-21-10-12/h2-8,10,25H,9H2,1H3/t16-/m0/s1. The van der Waals surface area contributed by atoms with Crippen LogP contribution in [-0.4, -0.2) is 45.7 Å². The van der Waals surface area contributed by atoms with Crippen molar-refractivity contribution in [2.75, 3.05) is 7.11 Å². The number of methoxy groups -OCH3 is 1. The summed E-state index contributed by atoms with van der Waals surface area (Å²) in [6.45, 7) is 0. The van der Waals surface area contributed by atoms with Crippen LogP contribution >= 0.6 is 0 Å². The maximum Gasteiger partial charge on any atom is 0.438 e. The van der Waals surface area contributed by atoms with Crippen molar-refractivity contribution in [2.24, 2.45) is 5.10 Å². The molecule has 1 aliphatic rings. The molecule has 26 heavy (non-hydrogen) atoms. The van der Waals surface area contributed by atoms with Crippen molar-refractivity contribution >= 4 is 11.6 Å². The molecule has 9 heteroatoms. The van der Waals surface area contributed by atoms with Crippen molar-refractivity contribution in [1.82, 2.24) is 9.99 Å². The van der Waals surface area contributed by atoms with E-state index in [9.17, 15) is 23.1 Å². The second-order valence-electron chi connectivity index (χ2n) is 5.63. The zero-order valence-electron chi connectivity index (χ0n) is 13.6. The van der Waals surface area contributed by atoms with Crippen LogP contribution in [0.2, 0.25) is 0 Å². The van der Waals surface area contributed by atoms with E-state index >= 15 is 0 Å². The molecule has 136 valence electrons. The van der Waals surface area contributed by atoms with Crippen LogP contribution in [0.4, 0.5) is 13.2 Å². The Morgan fingerprint density at radius 3 is 2.69 bits per heavy atom. The summed E-state index contributed by atoms with van der Waals surface area (Å²) >= 11 is 0. The molecule has 0 saturated carbocycles. The molecule has 2 aromatic rings. The quantitative estimate of drug-likeness (QED) is 0.907. The number of halogens is 3. The summed E-state index contributed by atoms with van der Waals surface area (Å²) in [6.07, 6.45) is -3.23. The second kappa shape index (κ2) is 6.41. The fourth-order valence-electron chi connectivity index (χ4n) is 2.55. The maximum absolute atomic E-state index is 13.5. The third-order valence-corrected chi connectivity index (χ3v) is 3.94. The number of carbonyl (C=O) groups is 1. The summed E-state index contributed by atoms with van der Waals surface area (Å²) in [5.74, 6) is -0.801. The molecule has 1 amide bonds. The summed E-state index contributed by atoms with van der Waals surface area (Å²) in [4.78, 5) is 16.5. The average Bonchev–Trinajstić information content (AvgIpc) is 3.01. The summed E-state index contributed by atoms with van der Waals surface area (Å²) in [6, 6.07) is 8.62. The van der Waals surface area contributed by atoms with Crippen LogP contribution < -0.4 is 4.74 Å². The van der Waals surface area contributed by atoms with Gasteiger partial charge in [0, 0.05) is 23.5 Å². The number of alkyl halides is 3. The molecule has 3 rings (SSSR count). The summed E-state index contributed by atoms with van der Waals surface area (Å²) in [7, 11) is 1.37. The lowest BCUT2D eigenvalue weighted by Crippen LogP contribution is -2.56. The van der Waals surface area contributed by atoms with Gasteiger partial charge in [0.15, 0.2) is 0 Å². The van der Waals surface area contributed by atoms with Crippen LogP contribution in [0, 0.1) is 0 Å². The molecule has 1 N–H and O–H groups in total. The van der Waals surface area contributed by atoms with Crippen LogP contribution in [-0.2, 0) is 0 Å². The fourth-order valence-corrected chi connectivity index (χ4v) is 2.55. The predicted molar refractivity (Wildman–Crippen MR) is 85.6 cm³/mol. The zero-order chi connectivity index (χ0) is 18.9. The van der Waals surface area contributed by atoms with Crippen molar-refractivity contribution < 1.29 is 27.8 Å². The van der Waals surface area contributed by atoms with Gasteiger partial charge in [0.25, 0.3) is 11.6 Å². The Balaban J connectivity index is 2.04. The number of benzene rings is 1. The normalized spacial score (nSPS) is 20.0. The largest absolute Gasteiger partial charge is 0.497 e. The summed E-state index contributed by atoms with van der Waals surface area (Å²) < 4.78 is 45.6. The van der Waals surface area contributed by atoms with Gasteiger partial charge in [0.05, 0.1) is 19.2 Å². The van der Waals surface area contributed by atoms with E-state index in [0.29, 0.717) is 5.75 Å². The van der Waals surface area contributed by atoms with Crippen molar-refractivity contribution in [3.8, 4) is 5.75 Å². The van der Waals surface area contributed by atoms with Crippen molar-refractivity contribution in [1.29, 1.82) is 0 Å². The van der Waals surface area contributed by atoms with Gasteiger partial charge in [-0.3, -0.25) is 9.78 Å². The third-order valence-electron chi connectivity index (χ3n) is 3.94.